The maximum Gasteiger partial charge on any atom is 0.326 e. The fraction of sp³-hybridized carbons (Fsp3) is 0.341. The number of nitrogen functional groups attached to an aromatic ring is 1. The number of H-pyrrole nitrogens is 1. The maximum absolute atomic E-state index is 12.8. The van der Waals surface area contributed by atoms with Gasteiger partial charge >= 0.3 is 5.97 Å². The quantitative estimate of drug-likeness (QED) is 0.0157. The van der Waals surface area contributed by atoms with Crippen molar-refractivity contribution in [3.8, 4) is 5.75 Å². The van der Waals surface area contributed by atoms with Crippen LogP contribution in [-0.2, 0) is 25.7 Å². The summed E-state index contributed by atoms with van der Waals surface area (Å²) < 4.78 is 5.78. The Kier molecular flexibility index (Phi) is 19.7. The average Bonchev–Trinajstić information content (AvgIpc) is 3.30. The van der Waals surface area contributed by atoms with E-state index in [0.717, 1.165) is 10.6 Å². The van der Waals surface area contributed by atoms with Crippen LogP contribution >= 0.6 is 21.6 Å². The summed E-state index contributed by atoms with van der Waals surface area (Å²) in [7, 11) is 3.08. The summed E-state index contributed by atoms with van der Waals surface area (Å²) in [5, 5.41) is 23.3. The van der Waals surface area contributed by atoms with Crippen LogP contribution in [0, 0.1) is 0 Å². The SMILES string of the molecule is C/C(=N\NC(=O)CCSSc1ccccn1)c1ccc(OCCCC(=O)NCCCCCC(=O)CCC(NC(=O)c2ccc(NCc3cnc4nc(N)[nH]c(=O)c4n3)cc2)C(=O)O)cc1. The number of benzene rings is 2. The van der Waals surface area contributed by atoms with E-state index in [2.05, 4.69) is 51.4 Å². The molecule has 0 saturated heterocycles. The summed E-state index contributed by atoms with van der Waals surface area (Å²) in [6, 6.07) is 18.1. The Morgan fingerprint density at radius 3 is 2.42 bits per heavy atom. The lowest BCUT2D eigenvalue weighted by Gasteiger charge is -2.14. The molecular weight excluding hydrogens is 875 g/mol. The van der Waals surface area contributed by atoms with Crippen LogP contribution in [0.5, 0.6) is 5.75 Å². The Labute approximate surface area is 382 Å². The zero-order valence-electron chi connectivity index (χ0n) is 35.7. The third-order valence-electron chi connectivity index (χ3n) is 9.51. The van der Waals surface area contributed by atoms with Crippen LogP contribution < -0.4 is 37.4 Å². The van der Waals surface area contributed by atoms with Crippen molar-refractivity contribution in [2.24, 2.45) is 5.10 Å². The number of ether oxygens (including phenoxy) is 1. The number of aromatic amines is 1. The Morgan fingerprint density at radius 1 is 0.877 bits per heavy atom. The van der Waals surface area contributed by atoms with Gasteiger partial charge in [-0.1, -0.05) is 23.3 Å². The molecule has 0 saturated carbocycles. The van der Waals surface area contributed by atoms with E-state index in [4.69, 9.17) is 10.5 Å². The molecule has 2 aromatic carbocycles. The summed E-state index contributed by atoms with van der Waals surface area (Å²) >= 11 is 0. The number of nitrogens with two attached hydrogens (primary N) is 1. The maximum atomic E-state index is 12.8. The van der Waals surface area contributed by atoms with Crippen molar-refractivity contribution in [3.05, 3.63) is 106 Å². The van der Waals surface area contributed by atoms with Crippen molar-refractivity contribution < 1.29 is 33.8 Å². The van der Waals surface area contributed by atoms with E-state index in [1.165, 1.54) is 29.1 Å². The normalized spacial score (nSPS) is 11.7. The zero-order valence-corrected chi connectivity index (χ0v) is 37.3. The number of carboxylic acids is 1. The van der Waals surface area contributed by atoms with Crippen molar-refractivity contribution in [2.75, 3.05) is 30.0 Å². The van der Waals surface area contributed by atoms with Crippen molar-refractivity contribution in [2.45, 2.75) is 82.3 Å². The van der Waals surface area contributed by atoms with E-state index >= 15 is 0 Å². The van der Waals surface area contributed by atoms with Gasteiger partial charge in [-0.05, 0) is 110 Å². The fourth-order valence-electron chi connectivity index (χ4n) is 5.97. The van der Waals surface area contributed by atoms with Crippen molar-refractivity contribution in [1.29, 1.82) is 0 Å². The second-order valence-corrected chi connectivity index (χ2v) is 17.0. The van der Waals surface area contributed by atoms with Crippen LogP contribution in [-0.4, -0.2) is 90.2 Å². The molecule has 1 unspecified atom stereocenters. The number of pyridine rings is 1. The van der Waals surface area contributed by atoms with E-state index in [-0.39, 0.29) is 66.1 Å². The second kappa shape index (κ2) is 26.0. The van der Waals surface area contributed by atoms with E-state index in [9.17, 15) is 33.9 Å². The number of anilines is 2. The number of hydrogen-bond acceptors (Lipinski definition) is 16. The molecular formula is C44H51N11O8S2. The number of carbonyl (C=O) groups excluding carboxylic acids is 4. The summed E-state index contributed by atoms with van der Waals surface area (Å²) in [6.07, 6.45) is 6.56. The van der Waals surface area contributed by atoms with Crippen LogP contribution in [0.3, 0.4) is 0 Å². The van der Waals surface area contributed by atoms with Crippen molar-refractivity contribution >= 4 is 79.6 Å². The molecule has 5 rings (SSSR count). The minimum Gasteiger partial charge on any atom is -0.494 e. The number of amides is 3. The number of nitrogens with one attached hydrogen (secondary N) is 5. The number of carbonyl (C=O) groups is 5. The van der Waals surface area contributed by atoms with Gasteiger partial charge in [0.15, 0.2) is 11.2 Å². The number of unbranched alkanes of at least 4 members (excludes halogenated alkanes) is 2. The van der Waals surface area contributed by atoms with Crippen LogP contribution in [0.1, 0.15) is 86.3 Å². The van der Waals surface area contributed by atoms with Crippen LogP contribution in [0.4, 0.5) is 11.6 Å². The molecule has 8 N–H and O–H groups in total. The van der Waals surface area contributed by atoms with Gasteiger partial charge in [-0.15, -0.1) is 0 Å². The molecule has 0 aliphatic heterocycles. The molecule has 0 aliphatic rings. The van der Waals surface area contributed by atoms with Gasteiger partial charge in [-0.25, -0.2) is 25.2 Å². The van der Waals surface area contributed by atoms with Gasteiger partial charge in [0.05, 0.1) is 30.8 Å². The van der Waals surface area contributed by atoms with Gasteiger partial charge in [0.25, 0.3) is 11.5 Å². The molecule has 0 spiro atoms. The topological polar surface area (TPSA) is 286 Å². The highest BCUT2D eigenvalue weighted by Gasteiger charge is 2.22. The van der Waals surface area contributed by atoms with E-state index in [1.807, 2.05) is 49.4 Å². The highest BCUT2D eigenvalue weighted by atomic mass is 33.1. The molecule has 3 aromatic heterocycles. The summed E-state index contributed by atoms with van der Waals surface area (Å²) in [6.45, 7) is 2.86. The smallest absolute Gasteiger partial charge is 0.326 e. The molecule has 3 heterocycles. The van der Waals surface area contributed by atoms with Gasteiger partial charge in [0.2, 0.25) is 17.8 Å². The summed E-state index contributed by atoms with van der Waals surface area (Å²) in [5.74, 6) is -0.979. The second-order valence-electron chi connectivity index (χ2n) is 14.5. The number of fused-ring (bicyclic) bond motifs is 1. The molecule has 0 fully saturated rings. The lowest BCUT2D eigenvalue weighted by atomic mass is 10.0. The first-order valence-electron chi connectivity index (χ1n) is 20.9. The molecule has 5 aromatic rings. The highest BCUT2D eigenvalue weighted by Crippen LogP contribution is 2.29. The van der Waals surface area contributed by atoms with Crippen molar-refractivity contribution in [1.82, 2.24) is 41.0 Å². The van der Waals surface area contributed by atoms with Crippen LogP contribution in [0.15, 0.2) is 94.0 Å². The molecule has 342 valence electrons. The zero-order chi connectivity index (χ0) is 46.4. The predicted octanol–water partition coefficient (Wildman–Crippen LogP) is 5.04. The Bertz CT molecular complexity index is 2470. The first-order valence-corrected chi connectivity index (χ1v) is 23.2. The molecule has 0 bridgehead atoms. The van der Waals surface area contributed by atoms with Gasteiger partial charge in [-0.3, -0.25) is 29.0 Å². The first-order chi connectivity index (χ1) is 31.4. The third-order valence-corrected chi connectivity index (χ3v) is 11.8. The number of Topliss-reactive ketones (excluding diaryl/α,β-unsaturated/α-hetero) is 1. The van der Waals surface area contributed by atoms with Crippen molar-refractivity contribution in [3.63, 3.8) is 0 Å². The minimum atomic E-state index is -1.25. The number of hydrazone groups is 1. The fourth-order valence-corrected chi connectivity index (χ4v) is 7.84. The highest BCUT2D eigenvalue weighted by molar-refractivity contribution is 8.76. The van der Waals surface area contributed by atoms with Crippen LogP contribution in [0.2, 0.25) is 0 Å². The Hall–Kier alpha value is -6.87. The van der Waals surface area contributed by atoms with Gasteiger partial charge < -0.3 is 31.5 Å². The number of rotatable bonds is 27. The number of hydrogen-bond donors (Lipinski definition) is 7. The number of aromatic nitrogens is 5. The van der Waals surface area contributed by atoms with Gasteiger partial charge in [0.1, 0.15) is 22.6 Å². The molecule has 1 atom stereocenters. The monoisotopic (exact) mass is 925 g/mol. The summed E-state index contributed by atoms with van der Waals surface area (Å²) in [5.41, 5.74) is 10.6. The number of ketones is 1. The lowest BCUT2D eigenvalue weighted by molar-refractivity contribution is -0.139. The van der Waals surface area contributed by atoms with Gasteiger partial charge in [-0.2, -0.15) is 10.1 Å². The largest absolute Gasteiger partial charge is 0.494 e. The van der Waals surface area contributed by atoms with E-state index < -0.39 is 23.5 Å². The Balaban J connectivity index is 0.876. The minimum absolute atomic E-state index is 0.00242. The molecule has 65 heavy (non-hydrogen) atoms. The molecule has 21 heteroatoms. The molecule has 0 aliphatic carbocycles. The van der Waals surface area contributed by atoms with E-state index in [1.54, 1.807) is 29.1 Å². The number of carboxylic acid groups (broad SMARTS) is 1. The third kappa shape index (κ3) is 17.3. The van der Waals surface area contributed by atoms with Gasteiger partial charge in [0, 0.05) is 55.4 Å². The number of aliphatic carboxylic acids is 1. The number of nitrogens with zero attached hydrogens (tertiary/aromatic N) is 5. The summed E-state index contributed by atoms with van der Waals surface area (Å²) in [4.78, 5) is 92.8. The molecule has 19 nitrogen and oxygen atoms in total. The molecule has 0 radical (unpaired) electrons. The standard InChI is InChI=1S/C44H51N11O8S2/c1-28(54-55-37(58)21-25-64-65-38-10-4-6-23-47-38)29-13-18-34(19-14-29)63-24-7-9-36(57)46-22-5-2-3-8-33(56)17-20-35(43(61)62)51-41(59)30-11-15-31(16-12-30)48-26-32-27-49-40-39(50-32)42(60)53-44(45)52-40/h4,6,10-16,18-19,23,27,35,48H,2-3,5,7-9,17,20-22,24-26H2,1H3,(H,46,57)(H,51,59)(H,55,58)(H,61,62)(H3,45,49,52,53,60)/b54-28+. The first kappa shape index (κ1) is 49.2. The predicted molar refractivity (Wildman–Crippen MR) is 249 cm³/mol. The lowest BCUT2D eigenvalue weighted by Crippen LogP contribution is -2.41. The van der Waals surface area contributed by atoms with Crippen LogP contribution in [0.25, 0.3) is 11.2 Å². The van der Waals surface area contributed by atoms with E-state index in [0.29, 0.717) is 80.3 Å². The molecule has 3 amide bonds. The Morgan fingerprint density at radius 2 is 1.66 bits per heavy atom. The average molecular weight is 926 g/mol.